The van der Waals surface area contributed by atoms with E-state index in [0.717, 1.165) is 24.6 Å². The quantitative estimate of drug-likeness (QED) is 0.854. The zero-order valence-corrected chi connectivity index (χ0v) is 12.0. The highest BCUT2D eigenvalue weighted by molar-refractivity contribution is 9.09. The van der Waals surface area contributed by atoms with Crippen molar-refractivity contribution in [1.29, 1.82) is 0 Å². The smallest absolute Gasteiger partial charge is 0.228 e. The van der Waals surface area contributed by atoms with E-state index in [4.69, 9.17) is 0 Å². The van der Waals surface area contributed by atoms with Gasteiger partial charge < -0.3 is 5.32 Å². The lowest BCUT2D eigenvalue weighted by Crippen LogP contribution is -2.50. The molecule has 1 aromatic carbocycles. The van der Waals surface area contributed by atoms with Crippen molar-refractivity contribution in [3.05, 3.63) is 35.4 Å². The van der Waals surface area contributed by atoms with Gasteiger partial charge in [0.25, 0.3) is 0 Å². The van der Waals surface area contributed by atoms with Gasteiger partial charge in [-0.3, -0.25) is 4.79 Å². The summed E-state index contributed by atoms with van der Waals surface area (Å²) >= 11 is 3.57. The fourth-order valence-corrected chi connectivity index (χ4v) is 3.89. The Morgan fingerprint density at radius 3 is 2.72 bits per heavy atom. The van der Waals surface area contributed by atoms with Gasteiger partial charge in [0, 0.05) is 10.9 Å². The number of amides is 1. The molecular formula is C15H18BrNO. The molecule has 0 spiro atoms. The maximum atomic E-state index is 12.4. The number of benzene rings is 1. The number of nitrogens with one attached hydrogen (secondary N) is 1. The molecule has 0 aliphatic heterocycles. The maximum Gasteiger partial charge on any atom is 0.228 e. The van der Waals surface area contributed by atoms with Crippen molar-refractivity contribution in [3.8, 4) is 0 Å². The van der Waals surface area contributed by atoms with Crippen molar-refractivity contribution < 1.29 is 4.79 Å². The van der Waals surface area contributed by atoms with Crippen LogP contribution in [0.5, 0.6) is 0 Å². The van der Waals surface area contributed by atoms with Gasteiger partial charge in [-0.15, -0.1) is 0 Å². The average molecular weight is 308 g/mol. The summed E-state index contributed by atoms with van der Waals surface area (Å²) in [4.78, 5) is 12.4. The molecule has 0 radical (unpaired) electrons. The number of alkyl halides is 1. The third kappa shape index (κ3) is 1.99. The highest BCUT2D eigenvalue weighted by atomic mass is 79.9. The van der Waals surface area contributed by atoms with E-state index < -0.39 is 0 Å². The summed E-state index contributed by atoms with van der Waals surface area (Å²) in [6.07, 6.45) is 5.58. The minimum atomic E-state index is 0.0155. The largest absolute Gasteiger partial charge is 0.349 e. The van der Waals surface area contributed by atoms with Gasteiger partial charge in [-0.05, 0) is 30.4 Å². The number of halogens is 1. The molecule has 1 aromatic rings. The topological polar surface area (TPSA) is 29.1 Å². The molecule has 0 bridgehead atoms. The molecule has 1 fully saturated rings. The molecule has 0 heterocycles. The van der Waals surface area contributed by atoms with Gasteiger partial charge >= 0.3 is 0 Å². The second-order valence-electron chi connectivity index (χ2n) is 5.57. The molecule has 3 rings (SSSR count). The summed E-state index contributed by atoms with van der Waals surface area (Å²) in [7, 11) is 0. The van der Waals surface area contributed by atoms with Gasteiger partial charge in [0.15, 0.2) is 0 Å². The highest BCUT2D eigenvalue weighted by Crippen LogP contribution is 2.37. The van der Waals surface area contributed by atoms with Crippen LogP contribution < -0.4 is 5.32 Å². The second kappa shape index (κ2) is 4.69. The van der Waals surface area contributed by atoms with Crippen LogP contribution in [-0.4, -0.2) is 16.8 Å². The average Bonchev–Trinajstić information content (AvgIpc) is 2.80. The third-order valence-corrected chi connectivity index (χ3v) is 5.45. The summed E-state index contributed by atoms with van der Waals surface area (Å²) in [5, 5.41) is 4.17. The number of hydrogen-bond acceptors (Lipinski definition) is 1. The molecule has 3 heteroatoms. The van der Waals surface area contributed by atoms with Crippen molar-refractivity contribution >= 4 is 21.8 Å². The van der Waals surface area contributed by atoms with E-state index in [9.17, 15) is 4.79 Å². The summed E-state index contributed by atoms with van der Waals surface area (Å²) in [5.41, 5.74) is 2.57. The predicted octanol–water partition coefficient (Wildman–Crippen LogP) is 3.15. The van der Waals surface area contributed by atoms with E-state index in [-0.39, 0.29) is 17.4 Å². The van der Waals surface area contributed by atoms with E-state index in [0.29, 0.717) is 0 Å². The molecule has 0 saturated heterocycles. The molecule has 1 saturated carbocycles. The minimum Gasteiger partial charge on any atom is -0.349 e. The summed E-state index contributed by atoms with van der Waals surface area (Å²) in [6, 6.07) is 8.27. The first kappa shape index (κ1) is 12.2. The normalized spacial score (nSPS) is 24.2. The van der Waals surface area contributed by atoms with Gasteiger partial charge in [-0.2, -0.15) is 0 Å². The molecule has 2 aliphatic carbocycles. The number of carbonyl (C=O) groups is 1. The van der Waals surface area contributed by atoms with Crippen molar-refractivity contribution in [2.24, 2.45) is 0 Å². The van der Waals surface area contributed by atoms with Crippen LogP contribution in [0.2, 0.25) is 0 Å². The lowest BCUT2D eigenvalue weighted by atomic mass is 9.76. The van der Waals surface area contributed by atoms with Gasteiger partial charge in [-0.25, -0.2) is 0 Å². The molecule has 18 heavy (non-hydrogen) atoms. The van der Waals surface area contributed by atoms with Crippen molar-refractivity contribution in [3.63, 3.8) is 0 Å². The molecule has 1 N–H and O–H groups in total. The van der Waals surface area contributed by atoms with Gasteiger partial charge in [0.05, 0.1) is 5.92 Å². The zero-order valence-electron chi connectivity index (χ0n) is 10.4. The van der Waals surface area contributed by atoms with Gasteiger partial charge in [0.2, 0.25) is 5.91 Å². The Morgan fingerprint density at radius 2 is 2.06 bits per heavy atom. The monoisotopic (exact) mass is 307 g/mol. The van der Waals surface area contributed by atoms with Crippen LogP contribution in [0, 0.1) is 0 Å². The molecule has 1 atom stereocenters. The molecule has 0 aromatic heterocycles. The third-order valence-electron chi connectivity index (χ3n) is 4.38. The Morgan fingerprint density at radius 1 is 1.33 bits per heavy atom. The van der Waals surface area contributed by atoms with Crippen molar-refractivity contribution in [1.82, 2.24) is 5.32 Å². The minimum absolute atomic E-state index is 0.0155. The first-order valence-corrected chi connectivity index (χ1v) is 7.82. The molecule has 1 unspecified atom stereocenters. The van der Waals surface area contributed by atoms with Crippen LogP contribution in [-0.2, 0) is 11.2 Å². The van der Waals surface area contributed by atoms with Crippen LogP contribution in [0.15, 0.2) is 24.3 Å². The number of fused-ring (bicyclic) bond motifs is 1. The Balaban J connectivity index is 1.70. The first-order valence-electron chi connectivity index (χ1n) is 6.70. The fourth-order valence-electron chi connectivity index (χ4n) is 3.19. The standard InChI is InChI=1S/C15H18BrNO/c16-10-15(7-3-4-8-15)17-14(18)13-9-11-5-1-2-6-12(11)13/h1-2,5-6,13H,3-4,7-10H2,(H,17,18). The molecule has 2 aliphatic rings. The summed E-state index contributed by atoms with van der Waals surface area (Å²) < 4.78 is 0. The molecular weight excluding hydrogens is 290 g/mol. The van der Waals surface area contributed by atoms with E-state index in [1.807, 2.05) is 12.1 Å². The van der Waals surface area contributed by atoms with Crippen molar-refractivity contribution in [2.75, 3.05) is 5.33 Å². The Bertz CT molecular complexity index is 465. The first-order chi connectivity index (χ1) is 8.74. The lowest BCUT2D eigenvalue weighted by Gasteiger charge is -2.34. The number of carbonyl (C=O) groups excluding carboxylic acids is 1. The number of hydrogen-bond donors (Lipinski definition) is 1. The van der Waals surface area contributed by atoms with Gasteiger partial charge in [-0.1, -0.05) is 53.0 Å². The van der Waals surface area contributed by atoms with E-state index >= 15 is 0 Å². The van der Waals surface area contributed by atoms with Crippen LogP contribution in [0.25, 0.3) is 0 Å². The summed E-state index contributed by atoms with van der Waals surface area (Å²) in [5.74, 6) is 0.299. The molecule has 1 amide bonds. The Kier molecular flexibility index (Phi) is 3.18. The van der Waals surface area contributed by atoms with E-state index in [1.54, 1.807) is 0 Å². The van der Waals surface area contributed by atoms with Crippen LogP contribution in [0.4, 0.5) is 0 Å². The number of rotatable bonds is 3. The molecule has 96 valence electrons. The SMILES string of the molecule is O=C(NC1(CBr)CCCC1)C1Cc2ccccc21. The Hall–Kier alpha value is -0.830. The zero-order chi connectivity index (χ0) is 12.6. The molecule has 2 nitrogen and oxygen atoms in total. The van der Waals surface area contributed by atoms with E-state index in [2.05, 4.69) is 33.4 Å². The van der Waals surface area contributed by atoms with Gasteiger partial charge in [0.1, 0.15) is 0 Å². The van der Waals surface area contributed by atoms with Crippen LogP contribution in [0.3, 0.4) is 0 Å². The van der Waals surface area contributed by atoms with Crippen molar-refractivity contribution in [2.45, 2.75) is 43.6 Å². The Labute approximate surface area is 116 Å². The van der Waals surface area contributed by atoms with Crippen LogP contribution in [0.1, 0.15) is 42.7 Å². The van der Waals surface area contributed by atoms with Crippen LogP contribution >= 0.6 is 15.9 Å². The fraction of sp³-hybridized carbons (Fsp3) is 0.533. The summed E-state index contributed by atoms with van der Waals surface area (Å²) in [6.45, 7) is 0. The maximum absolute atomic E-state index is 12.4. The van der Waals surface area contributed by atoms with E-state index in [1.165, 1.54) is 24.0 Å². The second-order valence-corrected chi connectivity index (χ2v) is 6.13. The highest BCUT2D eigenvalue weighted by Gasteiger charge is 2.39. The predicted molar refractivity (Wildman–Crippen MR) is 76.0 cm³/mol. The lowest BCUT2D eigenvalue weighted by molar-refractivity contribution is -0.124.